The van der Waals surface area contributed by atoms with Gasteiger partial charge in [0.25, 0.3) is 0 Å². The summed E-state index contributed by atoms with van der Waals surface area (Å²) >= 11 is 0. The summed E-state index contributed by atoms with van der Waals surface area (Å²) in [6.45, 7) is 5.00. The van der Waals surface area contributed by atoms with E-state index in [9.17, 15) is 0 Å². The van der Waals surface area contributed by atoms with E-state index >= 15 is 0 Å². The smallest absolute Gasteiger partial charge is 0.327 e. The number of fused-ring (bicyclic) bond motifs is 1. The van der Waals surface area contributed by atoms with Crippen molar-refractivity contribution in [1.29, 1.82) is 0 Å². The number of benzene rings is 1. The molecule has 0 aliphatic carbocycles. The van der Waals surface area contributed by atoms with Crippen molar-refractivity contribution in [3.8, 4) is 11.5 Å². The quantitative estimate of drug-likeness (QED) is 0.755. The zero-order valence-electron chi connectivity index (χ0n) is 11.2. The van der Waals surface area contributed by atoms with Crippen LogP contribution in [0, 0.1) is 0 Å². The maximum atomic E-state index is 5.90. The Hall–Kier alpha value is -1.26. The highest BCUT2D eigenvalue weighted by Crippen LogP contribution is 2.36. The average molecular weight is 252 g/mol. The number of hydrogen-bond donors (Lipinski definition) is 0. The van der Waals surface area contributed by atoms with Gasteiger partial charge in [-0.3, -0.25) is 0 Å². The normalized spacial score (nSPS) is 16.8. The van der Waals surface area contributed by atoms with E-state index in [1.807, 2.05) is 32.0 Å². The molecule has 0 fully saturated rings. The highest BCUT2D eigenvalue weighted by Gasteiger charge is 2.38. The number of methoxy groups -OCH3 is 1. The average Bonchev–Trinajstić information content (AvgIpc) is 2.39. The zero-order valence-corrected chi connectivity index (χ0v) is 11.2. The van der Waals surface area contributed by atoms with Crippen LogP contribution >= 0.6 is 0 Å². The third-order valence-corrected chi connectivity index (χ3v) is 2.96. The van der Waals surface area contributed by atoms with E-state index in [0.717, 1.165) is 23.5 Å². The largest absolute Gasteiger partial charge is 0.497 e. The summed E-state index contributed by atoms with van der Waals surface area (Å²) in [5, 5.41) is 0. The van der Waals surface area contributed by atoms with Crippen molar-refractivity contribution in [2.45, 2.75) is 32.7 Å². The predicted molar refractivity (Wildman–Crippen MR) is 67.9 cm³/mol. The molecule has 0 N–H and O–H groups in total. The number of ether oxygens (including phenoxy) is 4. The Labute approximate surface area is 108 Å². The molecule has 0 saturated carbocycles. The summed E-state index contributed by atoms with van der Waals surface area (Å²) in [4.78, 5) is 0. The lowest BCUT2D eigenvalue weighted by Gasteiger charge is -2.37. The van der Waals surface area contributed by atoms with Crippen molar-refractivity contribution in [3.63, 3.8) is 0 Å². The highest BCUT2D eigenvalue weighted by atomic mass is 16.9. The van der Waals surface area contributed by atoms with Crippen LogP contribution in [0.15, 0.2) is 18.2 Å². The molecule has 4 nitrogen and oxygen atoms in total. The van der Waals surface area contributed by atoms with E-state index in [4.69, 9.17) is 18.9 Å². The van der Waals surface area contributed by atoms with Gasteiger partial charge in [-0.25, -0.2) is 0 Å². The molecule has 0 aromatic heterocycles. The van der Waals surface area contributed by atoms with Gasteiger partial charge in [0.1, 0.15) is 11.5 Å². The van der Waals surface area contributed by atoms with Crippen LogP contribution < -0.4 is 9.47 Å². The molecule has 0 bridgehead atoms. The minimum absolute atomic E-state index is 0.561. The third kappa shape index (κ3) is 2.60. The van der Waals surface area contributed by atoms with Crippen LogP contribution in [0.5, 0.6) is 11.5 Å². The molecule has 0 unspecified atom stereocenters. The van der Waals surface area contributed by atoms with Crippen LogP contribution in [-0.4, -0.2) is 26.3 Å². The Morgan fingerprint density at radius 3 is 2.56 bits per heavy atom. The van der Waals surface area contributed by atoms with Gasteiger partial charge in [-0.2, -0.15) is 0 Å². The second-order valence-corrected chi connectivity index (χ2v) is 4.12. The topological polar surface area (TPSA) is 36.9 Å². The lowest BCUT2D eigenvalue weighted by atomic mass is 10.0. The zero-order chi connectivity index (χ0) is 13.0. The molecular formula is C14H20O4. The molecule has 0 spiro atoms. The van der Waals surface area contributed by atoms with Gasteiger partial charge < -0.3 is 18.9 Å². The summed E-state index contributed by atoms with van der Waals surface area (Å²) < 4.78 is 22.4. The molecule has 18 heavy (non-hydrogen) atoms. The van der Waals surface area contributed by atoms with E-state index in [1.54, 1.807) is 7.11 Å². The van der Waals surface area contributed by atoms with Gasteiger partial charge in [0, 0.05) is 6.42 Å². The van der Waals surface area contributed by atoms with Crippen molar-refractivity contribution in [2.75, 3.05) is 20.3 Å². The minimum atomic E-state index is -0.926. The molecule has 1 aliphatic heterocycles. The van der Waals surface area contributed by atoms with Gasteiger partial charge in [-0.15, -0.1) is 0 Å². The first-order chi connectivity index (χ1) is 8.73. The van der Waals surface area contributed by atoms with E-state index in [-0.39, 0.29) is 0 Å². The van der Waals surface area contributed by atoms with Crippen molar-refractivity contribution in [1.82, 2.24) is 0 Å². The molecule has 1 aromatic rings. The molecule has 0 atom stereocenters. The summed E-state index contributed by atoms with van der Waals surface area (Å²) in [7, 11) is 1.66. The van der Waals surface area contributed by atoms with Crippen LogP contribution in [0.2, 0.25) is 0 Å². The standard InChI is InChI=1S/C14H20O4/c1-4-16-14(17-5-2)9-8-11-10-12(15-3)6-7-13(11)18-14/h6-7,10H,4-5,8-9H2,1-3H3. The Morgan fingerprint density at radius 1 is 1.22 bits per heavy atom. The van der Waals surface area contributed by atoms with Gasteiger partial charge in [0.2, 0.25) is 0 Å². The third-order valence-electron chi connectivity index (χ3n) is 2.96. The van der Waals surface area contributed by atoms with Crippen molar-refractivity contribution < 1.29 is 18.9 Å². The SMILES string of the molecule is CCOC1(OCC)CCc2cc(OC)ccc2O1. The molecule has 1 heterocycles. The van der Waals surface area contributed by atoms with Crippen LogP contribution in [0.4, 0.5) is 0 Å². The summed E-state index contributed by atoms with van der Waals surface area (Å²) in [5.74, 6) is 0.729. The Balaban J connectivity index is 2.22. The molecule has 1 aliphatic rings. The molecule has 1 aromatic carbocycles. The summed E-state index contributed by atoms with van der Waals surface area (Å²) in [6.07, 6.45) is 1.54. The van der Waals surface area contributed by atoms with Crippen molar-refractivity contribution in [2.24, 2.45) is 0 Å². The second kappa shape index (κ2) is 5.59. The van der Waals surface area contributed by atoms with E-state index in [2.05, 4.69) is 0 Å². The molecule has 100 valence electrons. The first kappa shape index (κ1) is 13.2. The van der Waals surface area contributed by atoms with Crippen LogP contribution in [0.1, 0.15) is 25.8 Å². The van der Waals surface area contributed by atoms with Gasteiger partial charge in [0.15, 0.2) is 0 Å². The maximum absolute atomic E-state index is 5.90. The molecule has 0 radical (unpaired) electrons. The van der Waals surface area contributed by atoms with Crippen LogP contribution in [0.25, 0.3) is 0 Å². The molecule has 0 saturated heterocycles. The van der Waals surface area contributed by atoms with E-state index < -0.39 is 5.97 Å². The number of aryl methyl sites for hydroxylation is 1. The number of hydrogen-bond acceptors (Lipinski definition) is 4. The second-order valence-electron chi connectivity index (χ2n) is 4.12. The molecule has 2 rings (SSSR count). The summed E-state index contributed by atoms with van der Waals surface area (Å²) in [6, 6.07) is 5.78. The number of rotatable bonds is 5. The van der Waals surface area contributed by atoms with Crippen molar-refractivity contribution in [3.05, 3.63) is 23.8 Å². The fourth-order valence-electron chi connectivity index (χ4n) is 2.17. The van der Waals surface area contributed by atoms with E-state index in [1.165, 1.54) is 0 Å². The fraction of sp³-hybridized carbons (Fsp3) is 0.571. The maximum Gasteiger partial charge on any atom is 0.327 e. The first-order valence-electron chi connectivity index (χ1n) is 6.37. The first-order valence-corrected chi connectivity index (χ1v) is 6.37. The van der Waals surface area contributed by atoms with Crippen LogP contribution in [0.3, 0.4) is 0 Å². The molecule has 0 amide bonds. The molecular weight excluding hydrogens is 232 g/mol. The monoisotopic (exact) mass is 252 g/mol. The van der Waals surface area contributed by atoms with Gasteiger partial charge in [-0.05, 0) is 44.0 Å². The van der Waals surface area contributed by atoms with Crippen LogP contribution in [-0.2, 0) is 15.9 Å². The predicted octanol–water partition coefficient (Wildman–Crippen LogP) is 2.75. The molecule has 4 heteroatoms. The lowest BCUT2D eigenvalue weighted by molar-refractivity contribution is -0.347. The Kier molecular flexibility index (Phi) is 4.09. The van der Waals surface area contributed by atoms with Gasteiger partial charge in [-0.1, -0.05) is 0 Å². The summed E-state index contributed by atoms with van der Waals surface area (Å²) in [5.41, 5.74) is 1.13. The highest BCUT2D eigenvalue weighted by molar-refractivity contribution is 5.41. The lowest BCUT2D eigenvalue weighted by Crippen LogP contribution is -2.45. The Morgan fingerprint density at radius 2 is 1.94 bits per heavy atom. The fourth-order valence-corrected chi connectivity index (χ4v) is 2.17. The minimum Gasteiger partial charge on any atom is -0.497 e. The van der Waals surface area contributed by atoms with Gasteiger partial charge in [0.05, 0.1) is 20.3 Å². The Bertz CT molecular complexity index is 397. The van der Waals surface area contributed by atoms with E-state index in [0.29, 0.717) is 19.6 Å². The van der Waals surface area contributed by atoms with Gasteiger partial charge >= 0.3 is 5.97 Å². The van der Waals surface area contributed by atoms with Crippen molar-refractivity contribution >= 4 is 0 Å².